The van der Waals surface area contributed by atoms with Crippen LogP contribution in [0.4, 0.5) is 5.69 Å². The zero-order valence-electron chi connectivity index (χ0n) is 11.7. The molecule has 0 unspecified atom stereocenters. The van der Waals surface area contributed by atoms with Crippen molar-refractivity contribution in [3.63, 3.8) is 0 Å². The second kappa shape index (κ2) is 8.16. The summed E-state index contributed by atoms with van der Waals surface area (Å²) in [7, 11) is 1.40. The van der Waals surface area contributed by atoms with Gasteiger partial charge in [0.2, 0.25) is 0 Å². The van der Waals surface area contributed by atoms with Gasteiger partial charge in [-0.1, -0.05) is 19.1 Å². The summed E-state index contributed by atoms with van der Waals surface area (Å²) >= 11 is 0. The van der Waals surface area contributed by atoms with Crippen LogP contribution in [0.1, 0.15) is 19.8 Å². The molecular weight excluding hydrogens is 262 g/mol. The van der Waals surface area contributed by atoms with Crippen molar-refractivity contribution in [2.45, 2.75) is 19.8 Å². The number of benzene rings is 1. The molecule has 0 bridgehead atoms. The molecule has 1 aliphatic heterocycles. The van der Waals surface area contributed by atoms with E-state index in [1.54, 1.807) is 18.2 Å². The molecule has 1 aromatic carbocycles. The number of para-hydroxylation sites is 2. The van der Waals surface area contributed by atoms with E-state index < -0.39 is 0 Å². The molecule has 2 rings (SSSR count). The number of carbonyl (C=O) groups is 2. The van der Waals surface area contributed by atoms with Crippen LogP contribution in [-0.4, -0.2) is 37.4 Å². The lowest BCUT2D eigenvalue weighted by Crippen LogP contribution is -2.39. The lowest BCUT2D eigenvalue weighted by atomic mass is 10.2. The molecule has 1 heterocycles. The van der Waals surface area contributed by atoms with Gasteiger partial charge in [0.1, 0.15) is 12.5 Å². The number of amides is 1. The van der Waals surface area contributed by atoms with E-state index in [9.17, 15) is 9.59 Å². The molecule has 1 aliphatic rings. The number of hydrogen-bond acceptors (Lipinski definition) is 5. The fourth-order valence-electron chi connectivity index (χ4n) is 1.62. The van der Waals surface area contributed by atoms with Gasteiger partial charge in [-0.05, 0) is 18.6 Å². The number of aliphatic hydroxyl groups is 1. The van der Waals surface area contributed by atoms with Gasteiger partial charge < -0.3 is 14.6 Å². The standard InChI is InChI=1S/C9H9NO3.C5H10O2/c11-6-10-7-3-1-2-4-8(7)13-5-9(10)12;1-3-4-5(6)7-2/h1-4,11H,5-6H2;3-4H2,1-2H3. The fourth-order valence-corrected chi connectivity index (χ4v) is 1.62. The average Bonchev–Trinajstić information content (AvgIpc) is 2.48. The van der Waals surface area contributed by atoms with Gasteiger partial charge in [-0.3, -0.25) is 14.5 Å². The first-order valence-corrected chi connectivity index (χ1v) is 6.33. The van der Waals surface area contributed by atoms with Crippen LogP contribution in [0.3, 0.4) is 0 Å². The molecule has 0 saturated carbocycles. The topological polar surface area (TPSA) is 76.1 Å². The van der Waals surface area contributed by atoms with Crippen LogP contribution in [0.15, 0.2) is 24.3 Å². The van der Waals surface area contributed by atoms with E-state index in [0.717, 1.165) is 6.42 Å². The highest BCUT2D eigenvalue weighted by molar-refractivity contribution is 5.97. The Morgan fingerprint density at radius 3 is 2.70 bits per heavy atom. The third-order valence-electron chi connectivity index (χ3n) is 2.63. The Labute approximate surface area is 117 Å². The third-order valence-corrected chi connectivity index (χ3v) is 2.63. The van der Waals surface area contributed by atoms with Crippen molar-refractivity contribution >= 4 is 17.6 Å². The molecule has 1 N–H and O–H groups in total. The van der Waals surface area contributed by atoms with E-state index in [0.29, 0.717) is 17.9 Å². The first-order chi connectivity index (χ1) is 9.63. The summed E-state index contributed by atoms with van der Waals surface area (Å²) in [6.45, 7) is 1.63. The molecule has 0 aromatic heterocycles. The Hall–Kier alpha value is -2.08. The number of aliphatic hydroxyl groups excluding tert-OH is 1. The molecule has 0 aliphatic carbocycles. The zero-order chi connectivity index (χ0) is 15.0. The van der Waals surface area contributed by atoms with Gasteiger partial charge in [-0.2, -0.15) is 0 Å². The lowest BCUT2D eigenvalue weighted by Gasteiger charge is -2.27. The summed E-state index contributed by atoms with van der Waals surface area (Å²) in [5.74, 6) is 0.292. The molecule has 0 radical (unpaired) electrons. The van der Waals surface area contributed by atoms with Gasteiger partial charge in [-0.25, -0.2) is 0 Å². The molecule has 110 valence electrons. The van der Waals surface area contributed by atoms with E-state index in [1.165, 1.54) is 12.0 Å². The Bertz CT molecular complexity index is 461. The van der Waals surface area contributed by atoms with Gasteiger partial charge in [0.15, 0.2) is 6.61 Å². The Balaban J connectivity index is 0.000000246. The van der Waals surface area contributed by atoms with E-state index >= 15 is 0 Å². The molecule has 6 nitrogen and oxygen atoms in total. The molecule has 0 spiro atoms. The molecule has 1 aromatic rings. The van der Waals surface area contributed by atoms with E-state index in [2.05, 4.69) is 4.74 Å². The van der Waals surface area contributed by atoms with Gasteiger partial charge in [-0.15, -0.1) is 0 Å². The van der Waals surface area contributed by atoms with Gasteiger partial charge in [0.25, 0.3) is 5.91 Å². The van der Waals surface area contributed by atoms with E-state index in [4.69, 9.17) is 9.84 Å². The minimum absolute atomic E-state index is 0.00241. The van der Waals surface area contributed by atoms with Crippen LogP contribution < -0.4 is 9.64 Å². The van der Waals surface area contributed by atoms with Crippen LogP contribution in [0.25, 0.3) is 0 Å². The number of anilines is 1. The highest BCUT2D eigenvalue weighted by Gasteiger charge is 2.23. The number of esters is 1. The van der Waals surface area contributed by atoms with Crippen molar-refractivity contribution in [2.24, 2.45) is 0 Å². The summed E-state index contributed by atoms with van der Waals surface area (Å²) in [6, 6.07) is 7.13. The number of carbonyl (C=O) groups excluding carboxylic acids is 2. The minimum atomic E-state index is -0.306. The van der Waals surface area contributed by atoms with Crippen molar-refractivity contribution < 1.29 is 24.2 Å². The average molecular weight is 281 g/mol. The molecule has 0 saturated heterocycles. The van der Waals surface area contributed by atoms with E-state index in [-0.39, 0.29) is 25.2 Å². The van der Waals surface area contributed by atoms with Gasteiger partial charge in [0, 0.05) is 6.42 Å². The second-order valence-corrected chi connectivity index (χ2v) is 4.05. The van der Waals surface area contributed by atoms with Crippen molar-refractivity contribution in [3.05, 3.63) is 24.3 Å². The fraction of sp³-hybridized carbons (Fsp3) is 0.429. The predicted octanol–water partition coefficient (Wildman–Crippen LogP) is 1.32. The summed E-state index contributed by atoms with van der Waals surface area (Å²) in [4.78, 5) is 22.7. The number of nitrogens with zero attached hydrogens (tertiary/aromatic N) is 1. The summed E-state index contributed by atoms with van der Waals surface area (Å²) in [5.41, 5.74) is 0.626. The largest absolute Gasteiger partial charge is 0.482 e. The van der Waals surface area contributed by atoms with Crippen molar-refractivity contribution in [2.75, 3.05) is 25.3 Å². The smallest absolute Gasteiger partial charge is 0.305 e. The summed E-state index contributed by atoms with van der Waals surface area (Å²) in [5, 5.41) is 8.96. The highest BCUT2D eigenvalue weighted by atomic mass is 16.5. The SMILES string of the molecule is CCCC(=O)OC.O=C1COc2ccccc2N1CO. The van der Waals surface area contributed by atoms with Crippen LogP contribution in [0, 0.1) is 0 Å². The van der Waals surface area contributed by atoms with Crippen LogP contribution in [-0.2, 0) is 14.3 Å². The maximum atomic E-state index is 11.2. The second-order valence-electron chi connectivity index (χ2n) is 4.05. The van der Waals surface area contributed by atoms with Crippen LogP contribution in [0.5, 0.6) is 5.75 Å². The van der Waals surface area contributed by atoms with Crippen LogP contribution in [0.2, 0.25) is 0 Å². The highest BCUT2D eigenvalue weighted by Crippen LogP contribution is 2.30. The quantitative estimate of drug-likeness (QED) is 0.846. The predicted molar refractivity (Wildman–Crippen MR) is 73.4 cm³/mol. The van der Waals surface area contributed by atoms with Crippen molar-refractivity contribution in [1.82, 2.24) is 0 Å². The number of methoxy groups -OCH3 is 1. The number of hydrogen-bond donors (Lipinski definition) is 1. The Kier molecular flexibility index (Phi) is 6.52. The Morgan fingerprint density at radius 1 is 1.45 bits per heavy atom. The number of fused-ring (bicyclic) bond motifs is 1. The van der Waals surface area contributed by atoms with Gasteiger partial charge in [0.05, 0.1) is 12.8 Å². The number of rotatable bonds is 3. The first kappa shape index (κ1) is 16.0. The normalized spacial score (nSPS) is 12.8. The molecule has 0 fully saturated rings. The van der Waals surface area contributed by atoms with Crippen molar-refractivity contribution in [3.8, 4) is 5.75 Å². The molecular formula is C14H19NO5. The number of ether oxygens (including phenoxy) is 2. The van der Waals surface area contributed by atoms with Crippen LogP contribution >= 0.6 is 0 Å². The summed E-state index contributed by atoms with van der Waals surface area (Å²) in [6.07, 6.45) is 1.41. The Morgan fingerprint density at radius 2 is 2.15 bits per heavy atom. The van der Waals surface area contributed by atoms with Crippen molar-refractivity contribution in [1.29, 1.82) is 0 Å². The minimum Gasteiger partial charge on any atom is -0.482 e. The third kappa shape index (κ3) is 4.24. The molecule has 6 heteroatoms. The lowest BCUT2D eigenvalue weighted by molar-refractivity contribution is -0.140. The van der Waals surface area contributed by atoms with Gasteiger partial charge >= 0.3 is 5.97 Å². The zero-order valence-corrected chi connectivity index (χ0v) is 11.7. The first-order valence-electron chi connectivity index (χ1n) is 6.33. The monoisotopic (exact) mass is 281 g/mol. The maximum Gasteiger partial charge on any atom is 0.305 e. The molecule has 1 amide bonds. The summed E-state index contributed by atoms with van der Waals surface area (Å²) < 4.78 is 9.52. The van der Waals surface area contributed by atoms with E-state index in [1.807, 2.05) is 13.0 Å². The maximum absolute atomic E-state index is 11.2. The molecule has 20 heavy (non-hydrogen) atoms. The molecule has 0 atom stereocenters.